The van der Waals surface area contributed by atoms with Crippen LogP contribution in [0.25, 0.3) is 27.1 Å². The monoisotopic (exact) mass is 753 g/mol. The second-order valence-corrected chi connectivity index (χ2v) is 15.0. The average Bonchev–Trinajstić information content (AvgIpc) is 4.03. The highest BCUT2D eigenvalue weighted by molar-refractivity contribution is 6.01. The topological polar surface area (TPSA) is 158 Å². The Bertz CT molecular complexity index is 2210. The Kier molecular flexibility index (Phi) is 11.0. The number of piperidine rings is 1. The Morgan fingerprint density at radius 1 is 0.964 bits per heavy atom. The van der Waals surface area contributed by atoms with Crippen LogP contribution in [0.15, 0.2) is 73.2 Å². The Labute approximate surface area is 325 Å². The molecule has 14 nitrogen and oxygen atoms in total. The summed E-state index contributed by atoms with van der Waals surface area (Å²) < 4.78 is 1.96. The molecule has 56 heavy (non-hydrogen) atoms. The third-order valence-corrected chi connectivity index (χ3v) is 11.5. The van der Waals surface area contributed by atoms with Crippen molar-refractivity contribution in [2.24, 2.45) is 5.92 Å². The number of anilines is 3. The van der Waals surface area contributed by atoms with Gasteiger partial charge >= 0.3 is 0 Å². The number of piperazine rings is 1. The van der Waals surface area contributed by atoms with E-state index in [1.807, 2.05) is 53.6 Å². The molecule has 4 N–H and O–H groups in total. The van der Waals surface area contributed by atoms with Crippen molar-refractivity contribution in [3.05, 3.63) is 95.7 Å². The van der Waals surface area contributed by atoms with Gasteiger partial charge in [-0.25, -0.2) is 11.6 Å². The summed E-state index contributed by atoms with van der Waals surface area (Å²) in [4.78, 5) is 58.0. The van der Waals surface area contributed by atoms with Gasteiger partial charge in [0.15, 0.2) is 0 Å². The predicted octanol–water partition coefficient (Wildman–Crippen LogP) is 5.68. The molecule has 3 aromatic heterocycles. The first kappa shape index (κ1) is 36.9. The lowest BCUT2D eigenvalue weighted by atomic mass is 9.90. The van der Waals surface area contributed by atoms with Crippen LogP contribution in [0.3, 0.4) is 0 Å². The SMILES string of the molecule is [C-]#[N+]C[C@@H](C1CCCC1)n1cc(-c2nc(Nc3ccc(C(=O)NCCCN4CCN(c5ccc(C6CCC(=O)NC6=O)cc5)CC4)cc3)nc3[nH]ccc23)cn1. The number of benzene rings is 2. The summed E-state index contributed by atoms with van der Waals surface area (Å²) in [6.07, 6.45) is 12.2. The number of nitrogens with zero attached hydrogens (tertiary/aromatic N) is 7. The van der Waals surface area contributed by atoms with E-state index in [2.05, 4.69) is 52.7 Å². The number of amides is 3. The molecule has 3 aliphatic rings. The maximum Gasteiger partial charge on any atom is 0.251 e. The van der Waals surface area contributed by atoms with Crippen molar-refractivity contribution in [2.45, 2.75) is 56.9 Å². The Balaban J connectivity index is 0.801. The predicted molar refractivity (Wildman–Crippen MR) is 214 cm³/mol. The normalized spacial score (nSPS) is 18.5. The standard InChI is InChI=1S/C42H47N11O3/c1-43-26-36(29-5-2-3-6-29)53-27-31(25-46-53)38-35-17-19-44-39(35)50-42(49-38)47-32-11-7-30(8-12-32)40(55)45-18-4-20-51-21-23-52(24-22-51)33-13-9-28(10-14-33)34-15-16-37(54)48-41(34)56/h7-14,17,19,25,27,29,34,36H,2-6,15-16,18,20-24,26H2,(H,45,55)(H,48,54,56)(H2,44,47,49,50)/t34?,36-/m0/s1. The molecule has 5 heterocycles. The van der Waals surface area contributed by atoms with Crippen LogP contribution in [-0.2, 0) is 9.59 Å². The Morgan fingerprint density at radius 2 is 1.75 bits per heavy atom. The molecule has 2 aliphatic heterocycles. The maximum absolute atomic E-state index is 13.0. The van der Waals surface area contributed by atoms with Gasteiger partial charge in [-0.3, -0.25) is 29.3 Å². The van der Waals surface area contributed by atoms with E-state index >= 15 is 0 Å². The van der Waals surface area contributed by atoms with Gasteiger partial charge in [-0.15, -0.1) is 0 Å². The number of H-pyrrole nitrogens is 1. The summed E-state index contributed by atoms with van der Waals surface area (Å²) in [5.74, 6) is 0.117. The number of hydrogen-bond acceptors (Lipinski definition) is 9. The molecule has 5 aromatic rings. The van der Waals surface area contributed by atoms with Crippen molar-refractivity contribution in [3.8, 4) is 11.3 Å². The maximum atomic E-state index is 13.0. The number of fused-ring (bicyclic) bond motifs is 1. The lowest BCUT2D eigenvalue weighted by Crippen LogP contribution is -2.47. The number of nitrogens with one attached hydrogen (secondary N) is 4. The minimum absolute atomic E-state index is 0.0647. The number of rotatable bonds is 13. The third kappa shape index (κ3) is 8.28. The number of carbonyl (C=O) groups is 3. The molecule has 14 heteroatoms. The molecule has 2 saturated heterocycles. The van der Waals surface area contributed by atoms with Gasteiger partial charge in [-0.2, -0.15) is 10.1 Å². The van der Waals surface area contributed by atoms with Crippen molar-refractivity contribution < 1.29 is 14.4 Å². The largest absolute Gasteiger partial charge is 0.369 e. The molecule has 288 valence electrons. The molecule has 2 aromatic carbocycles. The fourth-order valence-electron chi connectivity index (χ4n) is 8.34. The summed E-state index contributed by atoms with van der Waals surface area (Å²) in [7, 11) is 0. The van der Waals surface area contributed by atoms with E-state index in [0.29, 0.717) is 49.0 Å². The lowest BCUT2D eigenvalue weighted by molar-refractivity contribution is -0.134. The number of imide groups is 1. The molecule has 0 spiro atoms. The molecule has 8 rings (SSSR count). The highest BCUT2D eigenvalue weighted by Gasteiger charge is 2.30. The second-order valence-electron chi connectivity index (χ2n) is 15.0. The highest BCUT2D eigenvalue weighted by Crippen LogP contribution is 2.36. The van der Waals surface area contributed by atoms with Gasteiger partial charge in [0.2, 0.25) is 24.3 Å². The first-order valence-corrected chi connectivity index (χ1v) is 19.7. The summed E-state index contributed by atoms with van der Waals surface area (Å²) in [6, 6.07) is 17.5. The Hall–Kier alpha value is -6.07. The van der Waals surface area contributed by atoms with Crippen LogP contribution in [-0.4, -0.2) is 93.2 Å². The van der Waals surface area contributed by atoms with E-state index < -0.39 is 0 Å². The summed E-state index contributed by atoms with van der Waals surface area (Å²) >= 11 is 0. The van der Waals surface area contributed by atoms with Gasteiger partial charge in [0.1, 0.15) is 11.7 Å². The lowest BCUT2D eigenvalue weighted by Gasteiger charge is -2.36. The van der Waals surface area contributed by atoms with Crippen LogP contribution in [0.2, 0.25) is 0 Å². The zero-order valence-electron chi connectivity index (χ0n) is 31.4. The zero-order chi connectivity index (χ0) is 38.4. The average molecular weight is 754 g/mol. The summed E-state index contributed by atoms with van der Waals surface area (Å²) in [6.45, 7) is 13.1. The fraction of sp³-hybridized carbons (Fsp3) is 0.405. The van der Waals surface area contributed by atoms with Crippen LogP contribution in [0.1, 0.15) is 72.8 Å². The first-order valence-electron chi connectivity index (χ1n) is 19.7. The molecule has 1 unspecified atom stereocenters. The number of aromatic amines is 1. The number of aromatic nitrogens is 5. The van der Waals surface area contributed by atoms with Gasteiger partial charge in [0.25, 0.3) is 5.91 Å². The minimum atomic E-state index is -0.267. The first-order chi connectivity index (χ1) is 27.4. The molecule has 1 aliphatic carbocycles. The van der Waals surface area contributed by atoms with Crippen molar-refractivity contribution >= 4 is 46.1 Å². The molecule has 3 amide bonds. The van der Waals surface area contributed by atoms with Crippen molar-refractivity contribution in [3.63, 3.8) is 0 Å². The van der Waals surface area contributed by atoms with Gasteiger partial charge in [-0.1, -0.05) is 25.0 Å². The second kappa shape index (κ2) is 16.7. The van der Waals surface area contributed by atoms with E-state index in [1.54, 1.807) is 12.1 Å². The molecular weight excluding hydrogens is 707 g/mol. The van der Waals surface area contributed by atoms with Gasteiger partial charge < -0.3 is 25.4 Å². The van der Waals surface area contributed by atoms with Crippen LogP contribution in [0.4, 0.5) is 17.3 Å². The quantitative estimate of drug-likeness (QED) is 0.0675. The number of hydrogen-bond donors (Lipinski definition) is 4. The van der Waals surface area contributed by atoms with Gasteiger partial charge in [-0.05, 0) is 86.2 Å². The molecule has 3 fully saturated rings. The van der Waals surface area contributed by atoms with Gasteiger partial charge in [0, 0.05) is 79.4 Å². The van der Waals surface area contributed by atoms with Crippen molar-refractivity contribution in [1.29, 1.82) is 0 Å². The molecule has 2 atom stereocenters. The smallest absolute Gasteiger partial charge is 0.251 e. The summed E-state index contributed by atoms with van der Waals surface area (Å²) in [5.41, 5.74) is 5.76. The molecule has 0 radical (unpaired) electrons. The van der Waals surface area contributed by atoms with Crippen LogP contribution < -0.4 is 20.9 Å². The number of carbonyl (C=O) groups excluding carboxylic acids is 3. The molecule has 0 bridgehead atoms. The van der Waals surface area contributed by atoms with E-state index in [1.165, 1.54) is 12.8 Å². The Morgan fingerprint density at radius 3 is 2.50 bits per heavy atom. The molecular formula is C42H47N11O3. The molecule has 1 saturated carbocycles. The van der Waals surface area contributed by atoms with Crippen molar-refractivity contribution in [1.82, 2.24) is 40.3 Å². The van der Waals surface area contributed by atoms with E-state index in [-0.39, 0.29) is 29.7 Å². The third-order valence-electron chi connectivity index (χ3n) is 11.5. The van der Waals surface area contributed by atoms with Gasteiger partial charge in [0.05, 0.1) is 17.8 Å². The highest BCUT2D eigenvalue weighted by atomic mass is 16.2. The fourth-order valence-corrected chi connectivity index (χ4v) is 8.34. The van der Waals surface area contributed by atoms with Crippen molar-refractivity contribution in [2.75, 3.05) is 56.0 Å². The van der Waals surface area contributed by atoms with Crippen LogP contribution >= 0.6 is 0 Å². The van der Waals surface area contributed by atoms with E-state index in [9.17, 15) is 14.4 Å². The van der Waals surface area contributed by atoms with E-state index in [0.717, 1.165) is 85.6 Å². The zero-order valence-corrected chi connectivity index (χ0v) is 31.4. The summed E-state index contributed by atoms with van der Waals surface area (Å²) in [5, 5.41) is 14.4. The van der Waals surface area contributed by atoms with Crippen LogP contribution in [0, 0.1) is 12.5 Å². The minimum Gasteiger partial charge on any atom is -0.369 e. The van der Waals surface area contributed by atoms with E-state index in [4.69, 9.17) is 16.7 Å². The van der Waals surface area contributed by atoms with Crippen LogP contribution in [0.5, 0.6) is 0 Å².